The lowest BCUT2D eigenvalue weighted by atomic mass is 10.3. The highest BCUT2D eigenvalue weighted by atomic mass is 35.5. The number of benzene rings is 1. The van der Waals surface area contributed by atoms with Crippen molar-refractivity contribution in [3.05, 3.63) is 24.3 Å². The third-order valence-electron chi connectivity index (χ3n) is 3.71. The van der Waals surface area contributed by atoms with E-state index in [9.17, 15) is 4.79 Å². The maximum Gasteiger partial charge on any atom is 0.321 e. The summed E-state index contributed by atoms with van der Waals surface area (Å²) in [5.74, 6) is 0.941. The highest BCUT2D eigenvalue weighted by molar-refractivity contribution is 6.50. The van der Waals surface area contributed by atoms with E-state index >= 15 is 0 Å². The molecule has 1 aromatic carbocycles. The smallest absolute Gasteiger partial charge is 0.321 e. The highest BCUT2D eigenvalue weighted by Gasteiger charge is 2.52. The minimum absolute atomic E-state index is 0.103. The number of unbranched alkanes of at least 4 members (excludes halogenated alkanes) is 1. The topological polar surface area (TPSA) is 41.6 Å². The predicted molar refractivity (Wildman–Crippen MR) is 91.0 cm³/mol. The molecular weight excluding hydrogens is 323 g/mol. The van der Waals surface area contributed by atoms with Gasteiger partial charge in [0.15, 0.2) is 0 Å². The molecule has 1 aliphatic rings. The van der Waals surface area contributed by atoms with Crippen LogP contribution in [0.1, 0.15) is 26.2 Å². The Balaban J connectivity index is 1.77. The zero-order valence-corrected chi connectivity index (χ0v) is 14.5. The van der Waals surface area contributed by atoms with Gasteiger partial charge in [-0.15, -0.1) is 23.2 Å². The van der Waals surface area contributed by atoms with Crippen LogP contribution in [0.15, 0.2) is 24.3 Å². The van der Waals surface area contributed by atoms with E-state index in [1.54, 1.807) is 11.9 Å². The third-order valence-corrected chi connectivity index (χ3v) is 4.63. The van der Waals surface area contributed by atoms with Crippen LogP contribution < -0.4 is 10.1 Å². The average molecular weight is 345 g/mol. The molecule has 1 aliphatic carbocycles. The van der Waals surface area contributed by atoms with Crippen molar-refractivity contribution < 1.29 is 9.53 Å². The first kappa shape index (κ1) is 17.2. The average Bonchev–Trinajstić information content (AvgIpc) is 3.11. The monoisotopic (exact) mass is 344 g/mol. The van der Waals surface area contributed by atoms with E-state index in [1.807, 2.05) is 24.3 Å². The molecule has 1 saturated carbocycles. The first-order valence-corrected chi connectivity index (χ1v) is 8.31. The minimum atomic E-state index is -0.614. The lowest BCUT2D eigenvalue weighted by molar-refractivity contribution is 0.222. The summed E-state index contributed by atoms with van der Waals surface area (Å²) in [5, 5.41) is 2.86. The molecule has 0 aromatic heterocycles. The Morgan fingerprint density at radius 2 is 2.05 bits per heavy atom. The van der Waals surface area contributed by atoms with Crippen LogP contribution in [0.4, 0.5) is 10.5 Å². The van der Waals surface area contributed by atoms with Gasteiger partial charge in [0.1, 0.15) is 10.1 Å². The fraction of sp³-hybridized carbons (Fsp3) is 0.562. The van der Waals surface area contributed by atoms with Gasteiger partial charge >= 0.3 is 6.03 Å². The van der Waals surface area contributed by atoms with Crippen molar-refractivity contribution in [1.29, 1.82) is 0 Å². The van der Waals surface area contributed by atoms with Gasteiger partial charge in [0, 0.05) is 25.2 Å². The molecule has 0 saturated heterocycles. The molecule has 0 aliphatic heterocycles. The summed E-state index contributed by atoms with van der Waals surface area (Å²) in [4.78, 5) is 13.6. The molecule has 1 N–H and O–H groups in total. The molecular formula is C16H22Cl2N2O2. The molecule has 2 amide bonds. The van der Waals surface area contributed by atoms with E-state index in [4.69, 9.17) is 27.9 Å². The van der Waals surface area contributed by atoms with Crippen molar-refractivity contribution in [2.24, 2.45) is 5.92 Å². The molecule has 2 rings (SSSR count). The van der Waals surface area contributed by atoms with Gasteiger partial charge in [0.2, 0.25) is 0 Å². The molecule has 0 heterocycles. The molecule has 4 nitrogen and oxygen atoms in total. The van der Waals surface area contributed by atoms with Crippen LogP contribution in [0.25, 0.3) is 0 Å². The fourth-order valence-electron chi connectivity index (χ4n) is 2.00. The van der Waals surface area contributed by atoms with Gasteiger partial charge in [0.25, 0.3) is 0 Å². The second-order valence-corrected chi connectivity index (χ2v) is 7.25. The summed E-state index contributed by atoms with van der Waals surface area (Å²) in [6, 6.07) is 7.20. The number of carbonyl (C=O) groups excluding carboxylic acids is 1. The van der Waals surface area contributed by atoms with Crippen molar-refractivity contribution >= 4 is 34.9 Å². The number of hydrogen-bond donors (Lipinski definition) is 1. The molecule has 1 aromatic rings. The molecule has 1 unspecified atom stereocenters. The van der Waals surface area contributed by atoms with Crippen LogP contribution >= 0.6 is 23.2 Å². The fourth-order valence-corrected chi connectivity index (χ4v) is 2.50. The van der Waals surface area contributed by atoms with Crippen molar-refractivity contribution in [3.63, 3.8) is 0 Å². The second-order valence-electron chi connectivity index (χ2n) is 5.70. The number of alkyl halides is 2. The van der Waals surface area contributed by atoms with E-state index in [1.165, 1.54) is 0 Å². The Labute approximate surface area is 141 Å². The van der Waals surface area contributed by atoms with Crippen LogP contribution in [0.5, 0.6) is 5.75 Å². The van der Waals surface area contributed by atoms with Crippen LogP contribution in [0, 0.1) is 5.92 Å². The number of urea groups is 1. The number of ether oxygens (including phenoxy) is 1. The number of nitrogens with one attached hydrogen (secondary N) is 1. The first-order chi connectivity index (χ1) is 10.4. The molecule has 6 heteroatoms. The lowest BCUT2D eigenvalue weighted by Crippen LogP contribution is -2.32. The van der Waals surface area contributed by atoms with Gasteiger partial charge in [-0.1, -0.05) is 13.3 Å². The molecule has 0 spiro atoms. The normalized spacial score (nSPS) is 18.6. The summed E-state index contributed by atoms with van der Waals surface area (Å²) < 4.78 is 5.02. The summed E-state index contributed by atoms with van der Waals surface area (Å²) in [6.07, 6.45) is 2.84. The second kappa shape index (κ2) is 7.42. The number of halogens is 2. The number of carbonyl (C=O) groups is 1. The van der Waals surface area contributed by atoms with Crippen LogP contribution in [-0.2, 0) is 0 Å². The summed E-state index contributed by atoms with van der Waals surface area (Å²) in [7, 11) is 1.79. The summed E-state index contributed by atoms with van der Waals surface area (Å²) >= 11 is 11.9. The van der Waals surface area contributed by atoms with Crippen LogP contribution in [0.3, 0.4) is 0 Å². The van der Waals surface area contributed by atoms with E-state index in [2.05, 4.69) is 12.2 Å². The Bertz CT molecular complexity index is 505. The van der Waals surface area contributed by atoms with Gasteiger partial charge in [-0.3, -0.25) is 0 Å². The van der Waals surface area contributed by atoms with E-state index in [0.29, 0.717) is 6.61 Å². The maximum absolute atomic E-state index is 12.0. The van der Waals surface area contributed by atoms with Crippen LogP contribution in [0.2, 0.25) is 0 Å². The maximum atomic E-state index is 12.0. The zero-order valence-electron chi connectivity index (χ0n) is 12.9. The Hall–Kier alpha value is -1.13. The molecule has 22 heavy (non-hydrogen) atoms. The molecule has 122 valence electrons. The Morgan fingerprint density at radius 3 is 2.59 bits per heavy atom. The Morgan fingerprint density at radius 1 is 1.41 bits per heavy atom. The van der Waals surface area contributed by atoms with Gasteiger partial charge in [-0.05, 0) is 37.1 Å². The van der Waals surface area contributed by atoms with Crippen molar-refractivity contribution in [1.82, 2.24) is 4.90 Å². The number of rotatable bonds is 7. The van der Waals surface area contributed by atoms with Crippen molar-refractivity contribution in [2.75, 3.05) is 25.5 Å². The number of amides is 2. The predicted octanol–water partition coefficient (Wildman–Crippen LogP) is 4.52. The largest absolute Gasteiger partial charge is 0.493 e. The minimum Gasteiger partial charge on any atom is -0.493 e. The van der Waals surface area contributed by atoms with E-state index in [0.717, 1.165) is 37.2 Å². The first-order valence-electron chi connectivity index (χ1n) is 7.55. The van der Waals surface area contributed by atoms with Crippen molar-refractivity contribution in [2.45, 2.75) is 30.5 Å². The standard InChI is InChI=1S/C16H22Cl2N2O2/c1-3-4-9-20(2)15(21)19-13-5-7-14(8-6-13)22-11-12-10-16(12,17)18/h5-8,12H,3-4,9-11H2,1-2H3,(H,19,21). The van der Waals surface area contributed by atoms with E-state index < -0.39 is 4.33 Å². The zero-order chi connectivity index (χ0) is 16.2. The number of anilines is 1. The quantitative estimate of drug-likeness (QED) is 0.738. The summed E-state index contributed by atoms with van der Waals surface area (Å²) in [5.41, 5.74) is 0.746. The van der Waals surface area contributed by atoms with Crippen molar-refractivity contribution in [3.8, 4) is 5.75 Å². The SMILES string of the molecule is CCCCN(C)C(=O)Nc1ccc(OCC2CC2(Cl)Cl)cc1. The van der Waals surface area contributed by atoms with Crippen LogP contribution in [-0.4, -0.2) is 35.5 Å². The molecule has 1 fully saturated rings. The number of nitrogens with zero attached hydrogens (tertiary/aromatic N) is 1. The molecule has 1 atom stereocenters. The van der Waals surface area contributed by atoms with Gasteiger partial charge < -0.3 is 15.0 Å². The number of hydrogen-bond acceptors (Lipinski definition) is 2. The Kier molecular flexibility index (Phi) is 5.81. The third kappa shape index (κ3) is 4.96. The highest BCUT2D eigenvalue weighted by Crippen LogP contribution is 2.53. The summed E-state index contributed by atoms with van der Waals surface area (Å²) in [6.45, 7) is 3.37. The van der Waals surface area contributed by atoms with Gasteiger partial charge in [-0.2, -0.15) is 0 Å². The molecule has 0 bridgehead atoms. The lowest BCUT2D eigenvalue weighted by Gasteiger charge is -2.17. The van der Waals surface area contributed by atoms with E-state index in [-0.39, 0.29) is 11.9 Å². The molecule has 0 radical (unpaired) electrons. The van der Waals surface area contributed by atoms with Gasteiger partial charge in [0.05, 0.1) is 6.61 Å². The van der Waals surface area contributed by atoms with Gasteiger partial charge in [-0.25, -0.2) is 4.79 Å².